The van der Waals surface area contributed by atoms with Crippen LogP contribution in [0.3, 0.4) is 0 Å². The number of rotatable bonds is 2. The van der Waals surface area contributed by atoms with E-state index in [-0.39, 0.29) is 18.3 Å². The summed E-state index contributed by atoms with van der Waals surface area (Å²) in [5.74, 6) is 0.136. The lowest BCUT2D eigenvalue weighted by atomic mass is 9.95. The van der Waals surface area contributed by atoms with Gasteiger partial charge in [0.25, 0.3) is 5.56 Å². The van der Waals surface area contributed by atoms with Gasteiger partial charge in [0.2, 0.25) is 5.75 Å². The number of carboxylic acid groups (broad SMARTS) is 1. The molecule has 2 heterocycles. The molecule has 30 heavy (non-hydrogen) atoms. The summed E-state index contributed by atoms with van der Waals surface area (Å²) in [7, 11) is 0. The van der Waals surface area contributed by atoms with E-state index in [0.29, 0.717) is 29.1 Å². The molecule has 1 aromatic carbocycles. The Hall–Kier alpha value is -2.71. The lowest BCUT2D eigenvalue weighted by Crippen LogP contribution is -2.28. The van der Waals surface area contributed by atoms with Crippen molar-refractivity contribution in [1.29, 1.82) is 0 Å². The van der Waals surface area contributed by atoms with E-state index in [1.165, 1.54) is 0 Å². The number of hydrogen-bond acceptors (Lipinski definition) is 6. The molecule has 1 aromatic heterocycles. The van der Waals surface area contributed by atoms with E-state index in [1.807, 2.05) is 19.1 Å². The summed E-state index contributed by atoms with van der Waals surface area (Å²) < 4.78 is 4.53. The SMILES string of the molecule is CC1CCc2cc(N3C[C@@H]4[C@@H](N)[C@@H]4C3)ccc2-c2[nH]c(=O)c(OC(=O)O)c(O)c21.Cl. The number of aryl methyl sites for hydroxylation is 1. The van der Waals surface area contributed by atoms with Gasteiger partial charge in [-0.1, -0.05) is 13.0 Å². The van der Waals surface area contributed by atoms with E-state index in [1.54, 1.807) is 0 Å². The number of pyridine rings is 1. The lowest BCUT2D eigenvalue weighted by molar-refractivity contribution is 0.142. The highest BCUT2D eigenvalue weighted by Gasteiger charge is 2.53. The van der Waals surface area contributed by atoms with Gasteiger partial charge in [-0.15, -0.1) is 12.4 Å². The first-order chi connectivity index (χ1) is 13.8. The van der Waals surface area contributed by atoms with Crippen molar-refractivity contribution in [2.75, 3.05) is 18.0 Å². The summed E-state index contributed by atoms with van der Waals surface area (Å²) in [4.78, 5) is 28.4. The number of nitrogens with zero attached hydrogens (tertiary/aromatic N) is 1. The number of aromatic nitrogens is 1. The quantitative estimate of drug-likeness (QED) is 0.536. The number of fused-ring (bicyclic) bond motifs is 4. The number of anilines is 1. The fourth-order valence-corrected chi connectivity index (χ4v) is 4.99. The number of halogens is 1. The monoisotopic (exact) mass is 433 g/mol. The van der Waals surface area contributed by atoms with Crippen LogP contribution in [0.25, 0.3) is 11.3 Å². The maximum Gasteiger partial charge on any atom is 0.511 e. The maximum absolute atomic E-state index is 12.4. The predicted molar refractivity (Wildman–Crippen MR) is 114 cm³/mol. The van der Waals surface area contributed by atoms with Crippen molar-refractivity contribution < 1.29 is 19.7 Å². The zero-order valence-electron chi connectivity index (χ0n) is 16.4. The van der Waals surface area contributed by atoms with Crippen molar-refractivity contribution in [2.45, 2.75) is 31.7 Å². The van der Waals surface area contributed by atoms with Crippen molar-refractivity contribution in [3.05, 3.63) is 39.7 Å². The molecular formula is C21H24ClN3O5. The van der Waals surface area contributed by atoms with E-state index in [4.69, 9.17) is 10.8 Å². The molecule has 2 aromatic rings. The molecule has 0 spiro atoms. The Morgan fingerprint density at radius 1 is 1.30 bits per heavy atom. The first-order valence-corrected chi connectivity index (χ1v) is 9.89. The molecule has 5 N–H and O–H groups in total. The molecule has 2 fully saturated rings. The molecule has 1 saturated heterocycles. The van der Waals surface area contributed by atoms with E-state index in [2.05, 4.69) is 20.7 Å². The summed E-state index contributed by atoms with van der Waals surface area (Å²) in [5, 5.41) is 19.5. The zero-order chi connectivity index (χ0) is 20.4. The number of nitrogens with two attached hydrogens (primary N) is 1. The Morgan fingerprint density at radius 2 is 2.00 bits per heavy atom. The summed E-state index contributed by atoms with van der Waals surface area (Å²) in [5.41, 5.74) is 9.43. The molecule has 1 aliphatic heterocycles. The van der Waals surface area contributed by atoms with Crippen LogP contribution in [0.1, 0.15) is 30.4 Å². The second kappa shape index (κ2) is 7.21. The minimum Gasteiger partial charge on any atom is -0.504 e. The number of carbonyl (C=O) groups is 1. The van der Waals surface area contributed by atoms with E-state index in [9.17, 15) is 14.7 Å². The Morgan fingerprint density at radius 3 is 2.67 bits per heavy atom. The molecule has 0 radical (unpaired) electrons. The highest BCUT2D eigenvalue weighted by atomic mass is 35.5. The van der Waals surface area contributed by atoms with Gasteiger partial charge in [0.1, 0.15) is 0 Å². The third-order valence-corrected chi connectivity index (χ3v) is 6.70. The first kappa shape index (κ1) is 20.6. The lowest BCUT2D eigenvalue weighted by Gasteiger charge is -2.23. The van der Waals surface area contributed by atoms with Crippen LogP contribution >= 0.6 is 12.4 Å². The largest absolute Gasteiger partial charge is 0.511 e. The number of piperidine rings is 1. The van der Waals surface area contributed by atoms with Crippen LogP contribution in [0.5, 0.6) is 11.5 Å². The molecule has 9 heteroatoms. The molecule has 8 nitrogen and oxygen atoms in total. The van der Waals surface area contributed by atoms with Gasteiger partial charge in [-0.05, 0) is 48.3 Å². The van der Waals surface area contributed by atoms with Gasteiger partial charge >= 0.3 is 6.16 Å². The number of ether oxygens (including phenoxy) is 1. The van der Waals surface area contributed by atoms with Crippen LogP contribution in [-0.2, 0) is 6.42 Å². The van der Waals surface area contributed by atoms with Gasteiger partial charge in [-0.2, -0.15) is 0 Å². The second-order valence-corrected chi connectivity index (χ2v) is 8.38. The van der Waals surface area contributed by atoms with Crippen LogP contribution in [0.4, 0.5) is 10.5 Å². The maximum atomic E-state index is 12.4. The third-order valence-electron chi connectivity index (χ3n) is 6.70. The first-order valence-electron chi connectivity index (χ1n) is 9.89. The fraction of sp³-hybridized carbons (Fsp3) is 0.429. The average molecular weight is 434 g/mol. The smallest absolute Gasteiger partial charge is 0.504 e. The molecule has 2 aliphatic carbocycles. The standard InChI is InChI=1S/C21H23N3O5.ClH/c1-9-2-3-10-6-11(24-7-13-14(8-24)16(13)22)4-5-12(10)17-15(9)18(25)19(20(26)23-17)29-21(27)28;/h4-6,9,13-14,16H,2-3,7-8,22H2,1H3,(H,27,28)(H2,23,25,26);1H/t9?,13-,14+,16+;. The Kier molecular flexibility index (Phi) is 4.94. The van der Waals surface area contributed by atoms with Gasteiger partial charge in [0, 0.05) is 35.9 Å². The molecule has 0 amide bonds. The topological polar surface area (TPSA) is 129 Å². The van der Waals surface area contributed by atoms with Gasteiger partial charge in [0.05, 0.1) is 5.69 Å². The zero-order valence-corrected chi connectivity index (χ0v) is 17.2. The highest BCUT2D eigenvalue weighted by molar-refractivity contribution is 5.85. The molecule has 4 atom stereocenters. The fourth-order valence-electron chi connectivity index (χ4n) is 4.99. The highest BCUT2D eigenvalue weighted by Crippen LogP contribution is 2.47. The molecule has 1 unspecified atom stereocenters. The summed E-state index contributed by atoms with van der Waals surface area (Å²) in [6, 6.07) is 6.50. The second-order valence-electron chi connectivity index (χ2n) is 8.38. The van der Waals surface area contributed by atoms with Crippen LogP contribution in [0.2, 0.25) is 0 Å². The van der Waals surface area contributed by atoms with Crippen LogP contribution in [-0.4, -0.2) is 40.5 Å². The van der Waals surface area contributed by atoms with Gasteiger partial charge in [-0.25, -0.2) is 4.79 Å². The van der Waals surface area contributed by atoms with Crippen LogP contribution < -0.4 is 20.9 Å². The molecule has 1 saturated carbocycles. The Balaban J connectivity index is 0.00000218. The molecular weight excluding hydrogens is 410 g/mol. The van der Waals surface area contributed by atoms with Crippen molar-refractivity contribution in [2.24, 2.45) is 17.6 Å². The van der Waals surface area contributed by atoms with Crippen LogP contribution in [0, 0.1) is 11.8 Å². The van der Waals surface area contributed by atoms with Gasteiger partial charge in [-0.3, -0.25) is 4.79 Å². The number of nitrogens with one attached hydrogen (secondary N) is 1. The normalized spacial score (nSPS) is 26.0. The number of hydrogen-bond donors (Lipinski definition) is 4. The van der Waals surface area contributed by atoms with Crippen LogP contribution in [0.15, 0.2) is 23.0 Å². The van der Waals surface area contributed by atoms with E-state index < -0.39 is 23.2 Å². The third kappa shape index (κ3) is 3.11. The minimum absolute atomic E-state index is 0. The number of benzene rings is 1. The van der Waals surface area contributed by atoms with Gasteiger partial charge < -0.3 is 30.6 Å². The minimum atomic E-state index is -1.64. The molecule has 5 rings (SSSR count). The van der Waals surface area contributed by atoms with E-state index >= 15 is 0 Å². The van der Waals surface area contributed by atoms with Crippen molar-refractivity contribution in [3.63, 3.8) is 0 Å². The predicted octanol–water partition coefficient (Wildman–Crippen LogP) is 2.67. The van der Waals surface area contributed by atoms with Crippen molar-refractivity contribution in [3.8, 4) is 22.8 Å². The number of aromatic amines is 1. The Labute approximate surface area is 179 Å². The molecule has 0 bridgehead atoms. The number of H-pyrrole nitrogens is 1. The average Bonchev–Trinajstić information content (AvgIpc) is 3.11. The van der Waals surface area contributed by atoms with Crippen molar-refractivity contribution in [1.82, 2.24) is 4.98 Å². The summed E-state index contributed by atoms with van der Waals surface area (Å²) in [6.45, 7) is 3.90. The Bertz CT molecular complexity index is 1070. The summed E-state index contributed by atoms with van der Waals surface area (Å²) in [6.07, 6.45) is -0.0953. The van der Waals surface area contributed by atoms with Gasteiger partial charge in [0.15, 0.2) is 5.75 Å². The van der Waals surface area contributed by atoms with Crippen molar-refractivity contribution >= 4 is 24.2 Å². The van der Waals surface area contributed by atoms with E-state index in [0.717, 1.165) is 42.7 Å². The number of aromatic hydroxyl groups is 1. The molecule has 160 valence electrons. The summed E-state index contributed by atoms with van der Waals surface area (Å²) >= 11 is 0. The molecule has 3 aliphatic rings.